The van der Waals surface area contributed by atoms with Gasteiger partial charge >= 0.3 is 18.0 Å². The van der Waals surface area contributed by atoms with Gasteiger partial charge < -0.3 is 29.6 Å². The zero-order valence-corrected chi connectivity index (χ0v) is 20.4. The average molecular weight is 473 g/mol. The van der Waals surface area contributed by atoms with E-state index in [1.54, 1.807) is 32.9 Å². The number of benzene rings is 2. The first-order chi connectivity index (χ1) is 15.9. The molecule has 0 spiro atoms. The zero-order valence-electron chi connectivity index (χ0n) is 20.4. The fourth-order valence-electron chi connectivity index (χ4n) is 2.93. The molecule has 0 aromatic heterocycles. The van der Waals surface area contributed by atoms with Gasteiger partial charge in [-0.2, -0.15) is 0 Å². The van der Waals surface area contributed by atoms with Crippen molar-refractivity contribution >= 4 is 18.0 Å². The number of carbonyl (C=O) groups excluding carboxylic acids is 3. The summed E-state index contributed by atoms with van der Waals surface area (Å²) in [6, 6.07) is 13.0. The van der Waals surface area contributed by atoms with E-state index in [2.05, 4.69) is 0 Å². The summed E-state index contributed by atoms with van der Waals surface area (Å²) in [6.07, 6.45) is -0.632. The molecule has 2 aromatic rings. The van der Waals surface area contributed by atoms with Crippen LogP contribution in [0.15, 0.2) is 48.5 Å². The van der Waals surface area contributed by atoms with E-state index in [0.29, 0.717) is 11.3 Å². The van der Waals surface area contributed by atoms with Gasteiger partial charge in [0, 0.05) is 14.1 Å². The van der Waals surface area contributed by atoms with Crippen LogP contribution >= 0.6 is 0 Å². The van der Waals surface area contributed by atoms with Crippen molar-refractivity contribution in [3.63, 3.8) is 0 Å². The molecule has 9 nitrogen and oxygen atoms in total. The second kappa shape index (κ2) is 11.5. The highest BCUT2D eigenvalue weighted by Crippen LogP contribution is 2.34. The van der Waals surface area contributed by atoms with Gasteiger partial charge in [-0.15, -0.1) is 0 Å². The predicted molar refractivity (Wildman–Crippen MR) is 125 cm³/mol. The van der Waals surface area contributed by atoms with Crippen molar-refractivity contribution in [2.24, 2.45) is 11.7 Å². The number of nitrogens with two attached hydrogens (primary N) is 1. The van der Waals surface area contributed by atoms with Gasteiger partial charge in [-0.05, 0) is 44.0 Å². The Morgan fingerprint density at radius 3 is 2.18 bits per heavy atom. The van der Waals surface area contributed by atoms with Crippen LogP contribution in [0.4, 0.5) is 4.79 Å². The summed E-state index contributed by atoms with van der Waals surface area (Å²) in [5.74, 6) is -2.68. The SMILES string of the molecule is COC(=O)C(C(=O)OC(C)(C)C)C(N)c1ccc(OCc2ccccc2)c(OC(=O)N(C)C)c1. The lowest BCUT2D eigenvalue weighted by atomic mass is 9.93. The van der Waals surface area contributed by atoms with Gasteiger partial charge in [-0.1, -0.05) is 36.4 Å². The molecule has 9 heteroatoms. The molecule has 0 bridgehead atoms. The molecule has 0 heterocycles. The summed E-state index contributed by atoms with van der Waals surface area (Å²) in [6.45, 7) is 5.29. The Morgan fingerprint density at radius 1 is 0.971 bits per heavy atom. The number of hydrogen-bond donors (Lipinski definition) is 1. The summed E-state index contributed by atoms with van der Waals surface area (Å²) in [5.41, 5.74) is 6.76. The molecule has 2 atom stereocenters. The highest BCUT2D eigenvalue weighted by atomic mass is 16.6. The second-order valence-corrected chi connectivity index (χ2v) is 8.80. The van der Waals surface area contributed by atoms with Crippen LogP contribution in [0.1, 0.15) is 37.9 Å². The monoisotopic (exact) mass is 472 g/mol. The largest absolute Gasteiger partial charge is 0.485 e. The Balaban J connectivity index is 2.39. The van der Waals surface area contributed by atoms with Gasteiger partial charge in [0.2, 0.25) is 0 Å². The number of rotatable bonds is 8. The number of esters is 2. The Hall–Kier alpha value is -3.59. The van der Waals surface area contributed by atoms with Crippen molar-refractivity contribution < 1.29 is 33.3 Å². The van der Waals surface area contributed by atoms with E-state index in [1.807, 2.05) is 30.3 Å². The van der Waals surface area contributed by atoms with Crippen LogP contribution in [0, 0.1) is 5.92 Å². The minimum absolute atomic E-state index is 0.0929. The summed E-state index contributed by atoms with van der Waals surface area (Å²) < 4.78 is 21.5. The van der Waals surface area contributed by atoms with E-state index < -0.39 is 35.6 Å². The van der Waals surface area contributed by atoms with E-state index >= 15 is 0 Å². The lowest BCUT2D eigenvalue weighted by Gasteiger charge is -2.26. The molecule has 2 unspecified atom stereocenters. The lowest BCUT2D eigenvalue weighted by molar-refractivity contribution is -0.169. The third-order valence-corrected chi connectivity index (χ3v) is 4.63. The van der Waals surface area contributed by atoms with Crippen LogP contribution < -0.4 is 15.2 Å². The Bertz CT molecular complexity index is 1000. The number of ether oxygens (including phenoxy) is 4. The normalized spacial score (nSPS) is 12.8. The molecule has 2 N–H and O–H groups in total. The fourth-order valence-corrected chi connectivity index (χ4v) is 2.93. The van der Waals surface area contributed by atoms with Gasteiger partial charge in [0.25, 0.3) is 0 Å². The summed E-state index contributed by atoms with van der Waals surface area (Å²) >= 11 is 0. The molecule has 2 aromatic carbocycles. The van der Waals surface area contributed by atoms with Crippen LogP contribution in [0.2, 0.25) is 0 Å². The number of nitrogens with zero attached hydrogens (tertiary/aromatic N) is 1. The number of hydrogen-bond acceptors (Lipinski definition) is 8. The van der Waals surface area contributed by atoms with Crippen molar-refractivity contribution in [1.29, 1.82) is 0 Å². The number of methoxy groups -OCH3 is 1. The van der Waals surface area contributed by atoms with Crippen molar-refractivity contribution in [3.05, 3.63) is 59.7 Å². The van der Waals surface area contributed by atoms with E-state index in [4.69, 9.17) is 24.7 Å². The average Bonchev–Trinajstić information content (AvgIpc) is 2.77. The van der Waals surface area contributed by atoms with E-state index in [-0.39, 0.29) is 12.4 Å². The van der Waals surface area contributed by atoms with E-state index in [1.165, 1.54) is 25.1 Å². The summed E-state index contributed by atoms with van der Waals surface area (Å²) in [7, 11) is 4.24. The Kier molecular flexibility index (Phi) is 9.03. The minimum atomic E-state index is -1.42. The molecule has 0 radical (unpaired) electrons. The standard InChI is InChI=1S/C25H32N2O7/c1-25(2,3)34-23(29)20(22(28)31-6)21(26)17-12-13-18(19(14-17)33-24(30)27(4)5)32-15-16-10-8-7-9-11-16/h7-14,20-21H,15,26H2,1-6H3. The molecule has 0 aliphatic rings. The van der Waals surface area contributed by atoms with Gasteiger partial charge in [0.05, 0.1) is 13.2 Å². The summed E-state index contributed by atoms with van der Waals surface area (Å²) in [4.78, 5) is 38.6. The highest BCUT2D eigenvalue weighted by Gasteiger charge is 2.38. The summed E-state index contributed by atoms with van der Waals surface area (Å²) in [5, 5.41) is 0. The van der Waals surface area contributed by atoms with Crippen LogP contribution in [0.25, 0.3) is 0 Å². The lowest BCUT2D eigenvalue weighted by Crippen LogP contribution is -2.39. The van der Waals surface area contributed by atoms with Gasteiger partial charge in [0.15, 0.2) is 17.4 Å². The van der Waals surface area contributed by atoms with E-state index in [0.717, 1.165) is 12.7 Å². The first kappa shape index (κ1) is 26.7. The molecule has 0 aliphatic heterocycles. The van der Waals surface area contributed by atoms with Crippen molar-refractivity contribution in [2.45, 2.75) is 39.0 Å². The predicted octanol–water partition coefficient (Wildman–Crippen LogP) is 3.46. The molecular weight excluding hydrogens is 440 g/mol. The third kappa shape index (κ3) is 7.48. The maximum absolute atomic E-state index is 12.7. The number of amides is 1. The van der Waals surface area contributed by atoms with Crippen LogP contribution in [-0.4, -0.2) is 49.7 Å². The number of carbonyl (C=O) groups is 3. The van der Waals surface area contributed by atoms with Gasteiger partial charge in [-0.3, -0.25) is 9.59 Å². The van der Waals surface area contributed by atoms with Crippen LogP contribution in [-0.2, 0) is 25.7 Å². The van der Waals surface area contributed by atoms with Crippen LogP contribution in [0.3, 0.4) is 0 Å². The third-order valence-electron chi connectivity index (χ3n) is 4.63. The zero-order chi connectivity index (χ0) is 25.5. The van der Waals surface area contributed by atoms with E-state index in [9.17, 15) is 14.4 Å². The molecule has 1 amide bonds. The van der Waals surface area contributed by atoms with Crippen LogP contribution in [0.5, 0.6) is 11.5 Å². The maximum Gasteiger partial charge on any atom is 0.414 e. The molecule has 34 heavy (non-hydrogen) atoms. The fraction of sp³-hybridized carbons (Fsp3) is 0.400. The van der Waals surface area contributed by atoms with Crippen molar-refractivity contribution in [1.82, 2.24) is 4.90 Å². The highest BCUT2D eigenvalue weighted by molar-refractivity contribution is 5.96. The molecular formula is C25H32N2O7. The maximum atomic E-state index is 12.7. The first-order valence-corrected chi connectivity index (χ1v) is 10.7. The minimum Gasteiger partial charge on any atom is -0.485 e. The van der Waals surface area contributed by atoms with Gasteiger partial charge in [-0.25, -0.2) is 4.79 Å². The molecule has 0 saturated carbocycles. The molecule has 184 valence electrons. The van der Waals surface area contributed by atoms with Crippen molar-refractivity contribution in [2.75, 3.05) is 21.2 Å². The Labute approximate surface area is 199 Å². The quantitative estimate of drug-likeness (QED) is 0.459. The topological polar surface area (TPSA) is 117 Å². The molecule has 2 rings (SSSR count). The molecule has 0 aliphatic carbocycles. The Morgan fingerprint density at radius 2 is 1.62 bits per heavy atom. The second-order valence-electron chi connectivity index (χ2n) is 8.80. The molecule has 0 saturated heterocycles. The first-order valence-electron chi connectivity index (χ1n) is 10.7. The smallest absolute Gasteiger partial charge is 0.414 e. The van der Waals surface area contributed by atoms with Crippen molar-refractivity contribution in [3.8, 4) is 11.5 Å². The van der Waals surface area contributed by atoms with Gasteiger partial charge in [0.1, 0.15) is 12.2 Å². The molecule has 0 fully saturated rings.